The fraction of sp³-hybridized carbons (Fsp3) is 0.167. The first-order valence-corrected chi connectivity index (χ1v) is 9.47. The van der Waals surface area contributed by atoms with Gasteiger partial charge in [0.05, 0.1) is 6.61 Å². The first-order valence-electron chi connectivity index (χ1n) is 9.47. The van der Waals surface area contributed by atoms with E-state index in [-0.39, 0.29) is 30.3 Å². The summed E-state index contributed by atoms with van der Waals surface area (Å²) in [4.78, 5) is 24.5. The Balaban J connectivity index is 1.53. The van der Waals surface area contributed by atoms with E-state index in [1.165, 1.54) is 6.07 Å². The number of carbonyl (C=O) groups excluding carboxylic acids is 2. The second kappa shape index (κ2) is 9.64. The van der Waals surface area contributed by atoms with Gasteiger partial charge in [-0.1, -0.05) is 42.5 Å². The lowest BCUT2D eigenvalue weighted by Crippen LogP contribution is -2.13. The third-order valence-corrected chi connectivity index (χ3v) is 4.42. The summed E-state index contributed by atoms with van der Waals surface area (Å²) in [7, 11) is 0. The van der Waals surface area contributed by atoms with Gasteiger partial charge in [0.1, 0.15) is 11.6 Å². The number of nitrogens with one attached hydrogen (secondary N) is 1. The molecular formula is C24H22FNO3. The van der Waals surface area contributed by atoms with Gasteiger partial charge in [-0.2, -0.15) is 0 Å². The number of rotatable bonds is 8. The standard InChI is InChI=1S/C24H22FNO3/c1-2-29-20-13-11-19(12-14-20)26-24(28)16-15-23(27)18-9-7-17(8-10-18)21-5-3-4-6-22(21)25/h3-14H,2,15-16H2,1H3,(H,26,28). The van der Waals surface area contributed by atoms with Crippen LogP contribution in [0.15, 0.2) is 72.8 Å². The Bertz CT molecular complexity index is 982. The van der Waals surface area contributed by atoms with Crippen LogP contribution in [0, 0.1) is 5.82 Å². The number of ether oxygens (including phenoxy) is 1. The summed E-state index contributed by atoms with van der Waals surface area (Å²) in [6, 6.07) is 20.3. The number of benzene rings is 3. The van der Waals surface area contributed by atoms with Gasteiger partial charge in [0, 0.05) is 29.7 Å². The lowest BCUT2D eigenvalue weighted by molar-refractivity contribution is -0.116. The molecule has 0 bridgehead atoms. The molecule has 0 unspecified atom stereocenters. The maximum absolute atomic E-state index is 13.9. The predicted octanol–water partition coefficient (Wildman–Crippen LogP) is 5.49. The molecule has 0 atom stereocenters. The summed E-state index contributed by atoms with van der Waals surface area (Å²) >= 11 is 0. The Labute approximate surface area is 169 Å². The maximum Gasteiger partial charge on any atom is 0.224 e. The summed E-state index contributed by atoms with van der Waals surface area (Å²) in [5.74, 6) is 0.0643. The molecule has 0 radical (unpaired) electrons. The van der Waals surface area contributed by atoms with E-state index in [1.807, 2.05) is 6.92 Å². The lowest BCUT2D eigenvalue weighted by Gasteiger charge is -2.07. The SMILES string of the molecule is CCOc1ccc(NC(=O)CCC(=O)c2ccc(-c3ccccc3F)cc2)cc1. The van der Waals surface area contributed by atoms with Crippen molar-refractivity contribution in [2.75, 3.05) is 11.9 Å². The van der Waals surface area contributed by atoms with Crippen LogP contribution in [0.5, 0.6) is 5.75 Å². The minimum absolute atomic E-state index is 0.0844. The second-order valence-corrected chi connectivity index (χ2v) is 6.49. The van der Waals surface area contributed by atoms with Gasteiger partial charge in [0.2, 0.25) is 5.91 Å². The second-order valence-electron chi connectivity index (χ2n) is 6.49. The van der Waals surface area contributed by atoms with Crippen LogP contribution < -0.4 is 10.1 Å². The monoisotopic (exact) mass is 391 g/mol. The molecule has 0 saturated carbocycles. The summed E-state index contributed by atoms with van der Waals surface area (Å²) in [6.45, 7) is 2.48. The minimum atomic E-state index is -0.308. The molecule has 3 aromatic rings. The molecule has 0 aromatic heterocycles. The van der Waals surface area contributed by atoms with Crippen LogP contribution in [0.3, 0.4) is 0 Å². The average Bonchev–Trinajstić information content (AvgIpc) is 2.74. The van der Waals surface area contributed by atoms with Crippen molar-refractivity contribution in [2.45, 2.75) is 19.8 Å². The molecule has 0 aliphatic carbocycles. The van der Waals surface area contributed by atoms with E-state index in [9.17, 15) is 14.0 Å². The lowest BCUT2D eigenvalue weighted by atomic mass is 10.0. The number of halogens is 1. The summed E-state index contributed by atoms with van der Waals surface area (Å²) < 4.78 is 19.2. The topological polar surface area (TPSA) is 55.4 Å². The van der Waals surface area contributed by atoms with Gasteiger partial charge in [-0.15, -0.1) is 0 Å². The van der Waals surface area contributed by atoms with E-state index in [4.69, 9.17) is 4.74 Å². The van der Waals surface area contributed by atoms with Gasteiger partial charge in [0.15, 0.2) is 5.78 Å². The molecule has 0 saturated heterocycles. The molecule has 0 aliphatic heterocycles. The van der Waals surface area contributed by atoms with Crippen molar-refractivity contribution in [1.82, 2.24) is 0 Å². The quantitative estimate of drug-likeness (QED) is 0.516. The summed E-state index contributed by atoms with van der Waals surface area (Å²) in [6.07, 6.45) is 0.184. The van der Waals surface area contributed by atoms with Gasteiger partial charge >= 0.3 is 0 Å². The highest BCUT2D eigenvalue weighted by Gasteiger charge is 2.11. The van der Waals surface area contributed by atoms with Crippen LogP contribution in [-0.4, -0.2) is 18.3 Å². The van der Waals surface area contributed by atoms with Crippen LogP contribution in [0.4, 0.5) is 10.1 Å². The first-order chi connectivity index (χ1) is 14.1. The van der Waals surface area contributed by atoms with Crippen molar-refractivity contribution in [2.24, 2.45) is 0 Å². The fourth-order valence-electron chi connectivity index (χ4n) is 2.93. The van der Waals surface area contributed by atoms with Crippen molar-refractivity contribution in [1.29, 1.82) is 0 Å². The molecule has 3 rings (SSSR count). The third-order valence-electron chi connectivity index (χ3n) is 4.42. The van der Waals surface area contributed by atoms with E-state index in [2.05, 4.69) is 5.32 Å². The number of amides is 1. The van der Waals surface area contributed by atoms with Crippen molar-refractivity contribution < 1.29 is 18.7 Å². The number of carbonyl (C=O) groups is 2. The van der Waals surface area contributed by atoms with E-state index < -0.39 is 0 Å². The third kappa shape index (κ3) is 5.51. The van der Waals surface area contributed by atoms with E-state index in [1.54, 1.807) is 66.7 Å². The molecule has 0 spiro atoms. The molecule has 0 heterocycles. The highest BCUT2D eigenvalue weighted by Crippen LogP contribution is 2.23. The smallest absolute Gasteiger partial charge is 0.224 e. The van der Waals surface area contributed by atoms with Crippen LogP contribution in [0.2, 0.25) is 0 Å². The Kier molecular flexibility index (Phi) is 6.74. The Hall–Kier alpha value is -3.47. The highest BCUT2D eigenvalue weighted by atomic mass is 19.1. The van der Waals surface area contributed by atoms with Crippen LogP contribution in [0.1, 0.15) is 30.1 Å². The van der Waals surface area contributed by atoms with E-state index in [0.717, 1.165) is 5.75 Å². The number of hydrogen-bond acceptors (Lipinski definition) is 3. The Morgan fingerprint density at radius 3 is 2.24 bits per heavy atom. The molecule has 29 heavy (non-hydrogen) atoms. The zero-order chi connectivity index (χ0) is 20.6. The number of Topliss-reactive ketones (excluding diaryl/α,β-unsaturated/α-hetero) is 1. The average molecular weight is 391 g/mol. The molecular weight excluding hydrogens is 369 g/mol. The zero-order valence-corrected chi connectivity index (χ0v) is 16.2. The van der Waals surface area contributed by atoms with Gasteiger partial charge < -0.3 is 10.1 Å². The fourth-order valence-corrected chi connectivity index (χ4v) is 2.93. The van der Waals surface area contributed by atoms with Gasteiger partial charge in [-0.3, -0.25) is 9.59 Å². The van der Waals surface area contributed by atoms with Crippen LogP contribution in [-0.2, 0) is 4.79 Å². The Morgan fingerprint density at radius 1 is 0.897 bits per heavy atom. The predicted molar refractivity (Wildman–Crippen MR) is 112 cm³/mol. The summed E-state index contributed by atoms with van der Waals surface area (Å²) in [5, 5.41) is 2.77. The molecule has 148 valence electrons. The Morgan fingerprint density at radius 2 is 1.59 bits per heavy atom. The number of ketones is 1. The van der Waals surface area contributed by atoms with Crippen molar-refractivity contribution in [3.63, 3.8) is 0 Å². The number of anilines is 1. The molecule has 1 N–H and O–H groups in total. The van der Waals surface area contributed by atoms with Gasteiger partial charge in [-0.05, 0) is 42.8 Å². The van der Waals surface area contributed by atoms with Crippen molar-refractivity contribution >= 4 is 17.4 Å². The summed E-state index contributed by atoms with van der Waals surface area (Å²) in [5.41, 5.74) is 2.34. The highest BCUT2D eigenvalue weighted by molar-refractivity contribution is 6.00. The molecule has 4 nitrogen and oxygen atoms in total. The van der Waals surface area contributed by atoms with Crippen molar-refractivity contribution in [3.8, 4) is 16.9 Å². The largest absolute Gasteiger partial charge is 0.494 e. The molecule has 3 aromatic carbocycles. The van der Waals surface area contributed by atoms with Gasteiger partial charge in [0.25, 0.3) is 0 Å². The van der Waals surface area contributed by atoms with Crippen LogP contribution >= 0.6 is 0 Å². The zero-order valence-electron chi connectivity index (χ0n) is 16.2. The van der Waals surface area contributed by atoms with E-state index in [0.29, 0.717) is 29.0 Å². The molecule has 1 amide bonds. The normalized spacial score (nSPS) is 10.4. The first kappa shape index (κ1) is 20.3. The van der Waals surface area contributed by atoms with E-state index >= 15 is 0 Å². The minimum Gasteiger partial charge on any atom is -0.494 e. The molecule has 0 aliphatic rings. The maximum atomic E-state index is 13.9. The number of hydrogen-bond donors (Lipinski definition) is 1. The van der Waals surface area contributed by atoms with Crippen molar-refractivity contribution in [3.05, 3.63) is 84.2 Å². The van der Waals surface area contributed by atoms with Gasteiger partial charge in [-0.25, -0.2) is 4.39 Å². The molecule has 5 heteroatoms. The van der Waals surface area contributed by atoms with Crippen LogP contribution in [0.25, 0.3) is 11.1 Å². The molecule has 0 fully saturated rings.